The fraction of sp³-hybridized carbons (Fsp3) is 0.250. The lowest BCUT2D eigenvalue weighted by atomic mass is 10.1. The molecule has 94 valence electrons. The molecule has 0 atom stereocenters. The minimum Gasteiger partial charge on any atom is -0.258 e. The average molecular weight is 320 g/mol. The van der Waals surface area contributed by atoms with Crippen LogP contribution < -0.4 is 0 Å². The fourth-order valence-corrected chi connectivity index (χ4v) is 1.73. The molecule has 0 amide bonds. The lowest BCUT2D eigenvalue weighted by Crippen LogP contribution is -2.09. The second-order valence-electron chi connectivity index (χ2n) is 2.95. The monoisotopic (exact) mass is 319 g/mol. The number of halogens is 6. The fourth-order valence-electron chi connectivity index (χ4n) is 1.10. The first kappa shape index (κ1) is 13.8. The van der Waals surface area contributed by atoms with E-state index in [0.29, 0.717) is 6.07 Å². The number of nitro groups is 1. The van der Waals surface area contributed by atoms with Crippen LogP contribution in [0, 0.1) is 10.1 Å². The third-order valence-electron chi connectivity index (χ3n) is 1.84. The molecule has 0 aliphatic heterocycles. The van der Waals surface area contributed by atoms with E-state index in [0.717, 1.165) is 0 Å². The summed E-state index contributed by atoms with van der Waals surface area (Å²) in [5.74, 6) is 0. The van der Waals surface area contributed by atoms with E-state index in [-0.39, 0.29) is 6.07 Å². The van der Waals surface area contributed by atoms with Gasteiger partial charge in [-0.3, -0.25) is 10.1 Å². The van der Waals surface area contributed by atoms with E-state index in [9.17, 15) is 32.1 Å². The van der Waals surface area contributed by atoms with Gasteiger partial charge < -0.3 is 0 Å². The molecular weight excluding hydrogens is 317 g/mol. The summed E-state index contributed by atoms with van der Waals surface area (Å²) in [5.41, 5.74) is -3.59. The SMILES string of the molecule is O=[N+]([O-])c1cc(C(F)F)c(Br)c(C(F)(F)F)c1. The predicted octanol–water partition coefficient (Wildman–Crippen LogP) is 4.31. The largest absolute Gasteiger partial charge is 0.417 e. The van der Waals surface area contributed by atoms with Gasteiger partial charge in [0.15, 0.2) is 0 Å². The van der Waals surface area contributed by atoms with Crippen LogP contribution in [0.3, 0.4) is 0 Å². The average Bonchev–Trinajstić information content (AvgIpc) is 2.15. The number of benzene rings is 1. The number of hydrogen-bond donors (Lipinski definition) is 0. The Kier molecular flexibility index (Phi) is 3.70. The molecule has 0 unspecified atom stereocenters. The number of nitrogens with zero attached hydrogens (tertiary/aromatic N) is 1. The zero-order valence-corrected chi connectivity index (χ0v) is 9.35. The van der Waals surface area contributed by atoms with Gasteiger partial charge >= 0.3 is 6.18 Å². The van der Waals surface area contributed by atoms with Crippen molar-refractivity contribution in [3.63, 3.8) is 0 Å². The third kappa shape index (κ3) is 2.90. The van der Waals surface area contributed by atoms with E-state index < -0.39 is 38.8 Å². The number of non-ortho nitro benzene ring substituents is 1. The Balaban J connectivity index is 3.55. The van der Waals surface area contributed by atoms with Gasteiger partial charge in [-0.05, 0) is 15.9 Å². The summed E-state index contributed by atoms with van der Waals surface area (Å²) in [7, 11) is 0. The van der Waals surface area contributed by atoms with E-state index in [1.807, 2.05) is 0 Å². The van der Waals surface area contributed by atoms with Crippen LogP contribution in [0.4, 0.5) is 27.6 Å². The van der Waals surface area contributed by atoms with Crippen molar-refractivity contribution in [1.82, 2.24) is 0 Å². The van der Waals surface area contributed by atoms with Crippen LogP contribution in [0.1, 0.15) is 17.6 Å². The van der Waals surface area contributed by atoms with Crippen molar-refractivity contribution in [2.45, 2.75) is 12.6 Å². The Labute approximate surface area is 99.5 Å². The third-order valence-corrected chi connectivity index (χ3v) is 2.72. The molecule has 0 aromatic heterocycles. The first-order valence-electron chi connectivity index (χ1n) is 3.97. The maximum absolute atomic E-state index is 12.4. The maximum atomic E-state index is 12.4. The highest BCUT2D eigenvalue weighted by Gasteiger charge is 2.37. The van der Waals surface area contributed by atoms with Gasteiger partial charge in [0, 0.05) is 22.2 Å². The van der Waals surface area contributed by atoms with Crippen LogP contribution in [0.15, 0.2) is 16.6 Å². The van der Waals surface area contributed by atoms with E-state index >= 15 is 0 Å². The number of nitro benzene ring substituents is 1. The van der Waals surface area contributed by atoms with Crippen molar-refractivity contribution in [3.05, 3.63) is 37.8 Å². The van der Waals surface area contributed by atoms with Crippen LogP contribution in [0.2, 0.25) is 0 Å². The number of hydrogen-bond acceptors (Lipinski definition) is 2. The normalized spacial score (nSPS) is 11.9. The highest BCUT2D eigenvalue weighted by molar-refractivity contribution is 9.10. The second-order valence-corrected chi connectivity index (χ2v) is 3.75. The molecular formula is C8H3BrF5NO2. The maximum Gasteiger partial charge on any atom is 0.417 e. The molecule has 17 heavy (non-hydrogen) atoms. The summed E-state index contributed by atoms with van der Waals surface area (Å²) in [6.07, 6.45) is -8.19. The number of alkyl halides is 5. The summed E-state index contributed by atoms with van der Waals surface area (Å²) in [4.78, 5) is 9.19. The molecule has 0 spiro atoms. The lowest BCUT2D eigenvalue weighted by molar-refractivity contribution is -0.385. The lowest BCUT2D eigenvalue weighted by Gasteiger charge is -2.12. The molecule has 1 aromatic rings. The van der Waals surface area contributed by atoms with Gasteiger partial charge in [0.25, 0.3) is 12.1 Å². The molecule has 0 fully saturated rings. The van der Waals surface area contributed by atoms with E-state index in [4.69, 9.17) is 0 Å². The minimum absolute atomic E-state index is 0.204. The highest BCUT2D eigenvalue weighted by atomic mass is 79.9. The van der Waals surface area contributed by atoms with Crippen molar-refractivity contribution in [2.24, 2.45) is 0 Å². The molecule has 9 heteroatoms. The van der Waals surface area contributed by atoms with Gasteiger partial charge in [-0.1, -0.05) is 0 Å². The van der Waals surface area contributed by atoms with Crippen LogP contribution in [-0.2, 0) is 6.18 Å². The molecule has 1 aromatic carbocycles. The van der Waals surface area contributed by atoms with Crippen LogP contribution in [0.25, 0.3) is 0 Å². The molecule has 0 heterocycles. The molecule has 0 N–H and O–H groups in total. The molecule has 0 radical (unpaired) electrons. The summed E-state index contributed by atoms with van der Waals surface area (Å²) in [5, 5.41) is 10.3. The summed E-state index contributed by atoms with van der Waals surface area (Å²) in [6, 6.07) is 0.611. The second kappa shape index (κ2) is 4.55. The standard InChI is InChI=1S/C8H3BrF5NO2/c9-6-4(7(10)11)1-3(15(16)17)2-5(6)8(12,13)14/h1-2,7H. The zero-order chi connectivity index (χ0) is 13.4. The van der Waals surface area contributed by atoms with Crippen LogP contribution in [0.5, 0.6) is 0 Å². The van der Waals surface area contributed by atoms with Gasteiger partial charge in [0.05, 0.1) is 10.5 Å². The van der Waals surface area contributed by atoms with Gasteiger partial charge in [0.2, 0.25) is 0 Å². The number of rotatable bonds is 2. The highest BCUT2D eigenvalue weighted by Crippen LogP contribution is 2.41. The molecule has 0 aliphatic carbocycles. The van der Waals surface area contributed by atoms with Gasteiger partial charge in [0.1, 0.15) is 0 Å². The van der Waals surface area contributed by atoms with E-state index in [1.54, 1.807) is 0 Å². The van der Waals surface area contributed by atoms with Crippen LogP contribution >= 0.6 is 15.9 Å². The smallest absolute Gasteiger partial charge is 0.258 e. The Morgan fingerprint density at radius 2 is 1.82 bits per heavy atom. The van der Waals surface area contributed by atoms with Gasteiger partial charge in [-0.2, -0.15) is 13.2 Å². The first-order valence-corrected chi connectivity index (χ1v) is 4.77. The molecule has 0 aliphatic rings. The van der Waals surface area contributed by atoms with Crippen molar-refractivity contribution in [1.29, 1.82) is 0 Å². The minimum atomic E-state index is -4.95. The van der Waals surface area contributed by atoms with Crippen molar-refractivity contribution < 1.29 is 26.9 Å². The summed E-state index contributed by atoms with van der Waals surface area (Å²) < 4.78 is 61.3. The van der Waals surface area contributed by atoms with E-state index in [2.05, 4.69) is 15.9 Å². The molecule has 1 rings (SSSR count). The van der Waals surface area contributed by atoms with Gasteiger partial charge in [-0.25, -0.2) is 8.78 Å². The Morgan fingerprint density at radius 1 is 1.29 bits per heavy atom. The Hall–Kier alpha value is -1.25. The molecule has 0 saturated heterocycles. The van der Waals surface area contributed by atoms with Crippen molar-refractivity contribution in [2.75, 3.05) is 0 Å². The zero-order valence-electron chi connectivity index (χ0n) is 7.76. The first-order chi connectivity index (χ1) is 7.64. The molecule has 0 bridgehead atoms. The summed E-state index contributed by atoms with van der Waals surface area (Å²) >= 11 is 2.38. The molecule has 0 saturated carbocycles. The Bertz CT molecular complexity index is 460. The predicted molar refractivity (Wildman–Crippen MR) is 50.8 cm³/mol. The molecule has 3 nitrogen and oxygen atoms in total. The Morgan fingerprint density at radius 3 is 2.18 bits per heavy atom. The van der Waals surface area contributed by atoms with Crippen molar-refractivity contribution >= 4 is 21.6 Å². The topological polar surface area (TPSA) is 43.1 Å². The summed E-state index contributed by atoms with van der Waals surface area (Å²) in [6.45, 7) is 0. The van der Waals surface area contributed by atoms with Crippen LogP contribution in [-0.4, -0.2) is 4.92 Å². The van der Waals surface area contributed by atoms with Gasteiger partial charge in [-0.15, -0.1) is 0 Å². The van der Waals surface area contributed by atoms with Crippen molar-refractivity contribution in [3.8, 4) is 0 Å². The van der Waals surface area contributed by atoms with E-state index in [1.165, 1.54) is 0 Å². The quantitative estimate of drug-likeness (QED) is 0.463.